The highest BCUT2D eigenvalue weighted by atomic mass is 32.2. The summed E-state index contributed by atoms with van der Waals surface area (Å²) in [4.78, 5) is 21.7. The molecule has 8 heteroatoms. The zero-order valence-electron chi connectivity index (χ0n) is 15.1. The molecule has 2 aliphatic rings. The Balaban J connectivity index is 1.50. The lowest BCUT2D eigenvalue weighted by atomic mass is 9.93. The van der Waals surface area contributed by atoms with E-state index in [0.717, 1.165) is 21.6 Å². The Labute approximate surface area is 161 Å². The van der Waals surface area contributed by atoms with E-state index < -0.39 is 18.2 Å². The van der Waals surface area contributed by atoms with Gasteiger partial charge in [-0.25, -0.2) is 0 Å². The number of aliphatic hydroxyl groups excluding tert-OH is 2. The van der Waals surface area contributed by atoms with Crippen LogP contribution in [0.25, 0.3) is 10.9 Å². The van der Waals surface area contributed by atoms with E-state index in [2.05, 4.69) is 22.4 Å². The standard InChI is InChI=1S/C19H24N4O3S/c1-2-16(24)22-14-9-23-15(18(26)17(14)25)10-27-19(23)21-8-11-3-4-13-12(7-11)5-6-20-13/h3-7,14-15,17-18,20,25-26H,2,8-10H2,1H3,(H,22,24)/t14-,15+,17+,18+/m0/s1. The van der Waals surface area contributed by atoms with Gasteiger partial charge in [0.25, 0.3) is 0 Å². The number of amides is 1. The predicted octanol–water partition coefficient (Wildman–Crippen LogP) is 1.07. The van der Waals surface area contributed by atoms with Crippen LogP contribution >= 0.6 is 11.8 Å². The maximum atomic E-state index is 11.7. The molecule has 4 rings (SSSR count). The number of aliphatic hydroxyl groups is 2. The number of fused-ring (bicyclic) bond motifs is 2. The molecule has 2 saturated heterocycles. The van der Waals surface area contributed by atoms with Crippen molar-refractivity contribution < 1.29 is 15.0 Å². The number of thioether (sulfide) groups is 1. The smallest absolute Gasteiger partial charge is 0.220 e. The minimum absolute atomic E-state index is 0.130. The van der Waals surface area contributed by atoms with Crippen molar-refractivity contribution in [1.82, 2.24) is 15.2 Å². The van der Waals surface area contributed by atoms with Crippen LogP contribution in [-0.2, 0) is 11.3 Å². The molecule has 4 N–H and O–H groups in total. The van der Waals surface area contributed by atoms with Gasteiger partial charge in [0, 0.05) is 30.4 Å². The monoisotopic (exact) mass is 388 g/mol. The van der Waals surface area contributed by atoms with Crippen LogP contribution in [0.1, 0.15) is 18.9 Å². The number of hydrogen-bond donors (Lipinski definition) is 4. The molecule has 2 aliphatic heterocycles. The lowest BCUT2D eigenvalue weighted by molar-refractivity contribution is -0.125. The average molecular weight is 388 g/mol. The van der Waals surface area contributed by atoms with E-state index in [1.54, 1.807) is 18.7 Å². The van der Waals surface area contributed by atoms with Gasteiger partial charge >= 0.3 is 0 Å². The second-order valence-electron chi connectivity index (χ2n) is 7.04. The molecule has 27 heavy (non-hydrogen) atoms. The third kappa shape index (κ3) is 3.56. The normalized spacial score (nSPS) is 29.3. The zero-order chi connectivity index (χ0) is 19.0. The van der Waals surface area contributed by atoms with Crippen LogP contribution in [0.4, 0.5) is 0 Å². The molecule has 1 aromatic heterocycles. The summed E-state index contributed by atoms with van der Waals surface area (Å²) in [5.74, 6) is 0.553. The fourth-order valence-electron chi connectivity index (χ4n) is 3.69. The Morgan fingerprint density at radius 3 is 3.04 bits per heavy atom. The number of hydrogen-bond acceptors (Lipinski definition) is 5. The zero-order valence-corrected chi connectivity index (χ0v) is 15.9. The second kappa shape index (κ2) is 7.53. The van der Waals surface area contributed by atoms with Crippen molar-refractivity contribution in [2.75, 3.05) is 12.3 Å². The van der Waals surface area contributed by atoms with E-state index in [1.807, 2.05) is 23.2 Å². The van der Waals surface area contributed by atoms with Gasteiger partial charge in [0.05, 0.1) is 18.6 Å². The maximum absolute atomic E-state index is 11.7. The quantitative estimate of drug-likeness (QED) is 0.628. The number of rotatable bonds is 4. The van der Waals surface area contributed by atoms with Gasteiger partial charge in [-0.2, -0.15) is 0 Å². The molecule has 2 aromatic rings. The van der Waals surface area contributed by atoms with Gasteiger partial charge in [-0.1, -0.05) is 24.8 Å². The maximum Gasteiger partial charge on any atom is 0.220 e. The first-order valence-corrected chi connectivity index (χ1v) is 10.2. The fourth-order valence-corrected chi connectivity index (χ4v) is 4.92. The fraction of sp³-hybridized carbons (Fsp3) is 0.474. The summed E-state index contributed by atoms with van der Waals surface area (Å²) < 4.78 is 0. The lowest BCUT2D eigenvalue weighted by Gasteiger charge is -2.42. The van der Waals surface area contributed by atoms with Crippen molar-refractivity contribution in [3.05, 3.63) is 36.0 Å². The molecule has 4 atom stereocenters. The van der Waals surface area contributed by atoms with E-state index in [-0.39, 0.29) is 11.9 Å². The molecule has 1 aromatic carbocycles. The SMILES string of the molecule is CCC(=O)N[C@H]1CN2C(=NCc3ccc4[nH]ccc4c3)SC[C@@H]2[C@@H](O)[C@@H]1O. The molecule has 3 heterocycles. The number of carbonyl (C=O) groups is 1. The van der Waals surface area contributed by atoms with Crippen molar-refractivity contribution in [2.24, 2.45) is 4.99 Å². The van der Waals surface area contributed by atoms with Gasteiger partial charge in [-0.15, -0.1) is 0 Å². The highest BCUT2D eigenvalue weighted by Gasteiger charge is 2.46. The van der Waals surface area contributed by atoms with Crippen molar-refractivity contribution in [3.8, 4) is 0 Å². The highest BCUT2D eigenvalue weighted by molar-refractivity contribution is 8.14. The number of nitrogens with zero attached hydrogens (tertiary/aromatic N) is 2. The van der Waals surface area contributed by atoms with E-state index in [9.17, 15) is 15.0 Å². The van der Waals surface area contributed by atoms with Gasteiger partial charge in [-0.3, -0.25) is 9.79 Å². The minimum atomic E-state index is -0.960. The van der Waals surface area contributed by atoms with Gasteiger partial charge in [0.15, 0.2) is 5.17 Å². The van der Waals surface area contributed by atoms with E-state index in [4.69, 9.17) is 4.99 Å². The van der Waals surface area contributed by atoms with Crippen LogP contribution < -0.4 is 5.32 Å². The van der Waals surface area contributed by atoms with E-state index >= 15 is 0 Å². The van der Waals surface area contributed by atoms with E-state index in [1.165, 1.54) is 0 Å². The summed E-state index contributed by atoms with van der Waals surface area (Å²) in [7, 11) is 0. The first-order valence-electron chi connectivity index (χ1n) is 9.22. The molecule has 144 valence electrons. The number of nitrogens with one attached hydrogen (secondary N) is 2. The molecule has 7 nitrogen and oxygen atoms in total. The number of aliphatic imine (C=N–C) groups is 1. The first-order chi connectivity index (χ1) is 13.1. The first kappa shape index (κ1) is 18.3. The van der Waals surface area contributed by atoms with Crippen LogP contribution in [0.5, 0.6) is 0 Å². The summed E-state index contributed by atoms with van der Waals surface area (Å²) in [6.45, 7) is 2.78. The van der Waals surface area contributed by atoms with E-state index in [0.29, 0.717) is 25.3 Å². The van der Waals surface area contributed by atoms with Crippen molar-refractivity contribution in [2.45, 2.75) is 44.2 Å². The summed E-state index contributed by atoms with van der Waals surface area (Å²) >= 11 is 1.59. The Bertz CT molecular complexity index is 868. The number of piperidine rings is 1. The Morgan fingerprint density at radius 1 is 1.37 bits per heavy atom. The van der Waals surface area contributed by atoms with Gasteiger partial charge in [0.1, 0.15) is 12.2 Å². The van der Waals surface area contributed by atoms with Crippen molar-refractivity contribution in [3.63, 3.8) is 0 Å². The molecule has 0 unspecified atom stereocenters. The number of aromatic amines is 1. The summed E-state index contributed by atoms with van der Waals surface area (Å²) in [6, 6.07) is 7.59. The van der Waals surface area contributed by atoms with Crippen LogP contribution in [0, 0.1) is 0 Å². The van der Waals surface area contributed by atoms with Gasteiger partial charge in [0.2, 0.25) is 5.91 Å². The molecule has 0 saturated carbocycles. The van der Waals surface area contributed by atoms with Crippen LogP contribution in [0.2, 0.25) is 0 Å². The van der Waals surface area contributed by atoms with Crippen molar-refractivity contribution in [1.29, 1.82) is 0 Å². The van der Waals surface area contributed by atoms with Crippen LogP contribution in [0.3, 0.4) is 0 Å². The Kier molecular flexibility index (Phi) is 5.12. The average Bonchev–Trinajstić information content (AvgIpc) is 3.30. The Morgan fingerprint density at radius 2 is 2.22 bits per heavy atom. The summed E-state index contributed by atoms with van der Waals surface area (Å²) in [5, 5.41) is 25.7. The Hall–Kier alpha value is -2.03. The highest BCUT2D eigenvalue weighted by Crippen LogP contribution is 2.32. The number of aromatic nitrogens is 1. The molecule has 2 fully saturated rings. The summed E-state index contributed by atoms with van der Waals surface area (Å²) in [6.07, 6.45) is 0.401. The molecule has 0 radical (unpaired) electrons. The number of amidine groups is 1. The summed E-state index contributed by atoms with van der Waals surface area (Å²) in [5.41, 5.74) is 2.22. The molecular formula is C19H24N4O3S. The molecule has 0 spiro atoms. The predicted molar refractivity (Wildman–Crippen MR) is 107 cm³/mol. The molecule has 0 aliphatic carbocycles. The third-order valence-electron chi connectivity index (χ3n) is 5.26. The molecular weight excluding hydrogens is 364 g/mol. The van der Waals surface area contributed by atoms with Gasteiger partial charge < -0.3 is 25.4 Å². The molecule has 1 amide bonds. The topological polar surface area (TPSA) is 101 Å². The van der Waals surface area contributed by atoms with Crippen molar-refractivity contribution >= 4 is 33.7 Å². The van der Waals surface area contributed by atoms with Gasteiger partial charge in [-0.05, 0) is 29.1 Å². The molecule has 0 bridgehead atoms. The number of H-pyrrole nitrogens is 1. The van der Waals surface area contributed by atoms with Crippen LogP contribution in [0.15, 0.2) is 35.5 Å². The largest absolute Gasteiger partial charge is 0.388 e. The number of benzene rings is 1. The minimum Gasteiger partial charge on any atom is -0.388 e. The number of carbonyl (C=O) groups excluding carboxylic acids is 1. The second-order valence-corrected chi connectivity index (χ2v) is 8.02. The lowest BCUT2D eigenvalue weighted by Crippen LogP contribution is -2.65. The van der Waals surface area contributed by atoms with Crippen LogP contribution in [-0.4, -0.2) is 67.8 Å². The third-order valence-corrected chi connectivity index (χ3v) is 6.39.